The zero-order chi connectivity index (χ0) is 13.8. The summed E-state index contributed by atoms with van der Waals surface area (Å²) in [5, 5.41) is 7.63. The lowest BCUT2D eigenvalue weighted by molar-refractivity contribution is 0.116. The van der Waals surface area contributed by atoms with Crippen LogP contribution in [0.4, 0.5) is 0 Å². The molecule has 20 heavy (non-hydrogen) atoms. The fraction of sp³-hybridized carbons (Fsp3) is 0.867. The molecular formula is C15H25N3O2. The van der Waals surface area contributed by atoms with Gasteiger partial charge in [0.05, 0.1) is 12.1 Å². The lowest BCUT2D eigenvalue weighted by atomic mass is 9.91. The van der Waals surface area contributed by atoms with Gasteiger partial charge >= 0.3 is 0 Å². The molecule has 1 N–H and O–H groups in total. The molecule has 1 saturated carbocycles. The molecule has 112 valence electrons. The molecule has 0 bridgehead atoms. The highest BCUT2D eigenvalue weighted by Gasteiger charge is 2.30. The van der Waals surface area contributed by atoms with Crippen molar-refractivity contribution in [2.24, 2.45) is 0 Å². The van der Waals surface area contributed by atoms with Crippen LogP contribution in [0.5, 0.6) is 0 Å². The van der Waals surface area contributed by atoms with E-state index >= 15 is 0 Å². The number of nitrogens with one attached hydrogen (secondary N) is 1. The standard InChI is InChI=1S/C15H25N3O2/c1-19-12-9-13(16-10-12)15-17-14(18-20-15)11-7-5-3-2-4-6-8-11/h11-13,16H,2-10H2,1H3/t12-,13+/m0/s1. The minimum absolute atomic E-state index is 0.162. The van der Waals surface area contributed by atoms with Crippen molar-refractivity contribution in [2.45, 2.75) is 69.4 Å². The van der Waals surface area contributed by atoms with Gasteiger partial charge in [-0.25, -0.2) is 0 Å². The van der Waals surface area contributed by atoms with Crippen LogP contribution in [0.1, 0.15) is 75.0 Å². The predicted octanol–water partition coefficient (Wildman–Crippen LogP) is 2.95. The van der Waals surface area contributed by atoms with Crippen molar-refractivity contribution in [2.75, 3.05) is 13.7 Å². The first kappa shape index (κ1) is 14.0. The first-order valence-electron chi connectivity index (χ1n) is 7.96. The van der Waals surface area contributed by atoms with Gasteiger partial charge in [0.25, 0.3) is 0 Å². The zero-order valence-corrected chi connectivity index (χ0v) is 12.3. The smallest absolute Gasteiger partial charge is 0.243 e. The molecule has 1 aromatic heterocycles. The molecule has 1 aliphatic heterocycles. The Morgan fingerprint density at radius 2 is 1.90 bits per heavy atom. The second kappa shape index (κ2) is 6.68. The number of aromatic nitrogens is 2. The van der Waals surface area contributed by atoms with E-state index in [2.05, 4.69) is 15.5 Å². The first-order chi connectivity index (χ1) is 9.86. The van der Waals surface area contributed by atoms with Crippen LogP contribution < -0.4 is 5.32 Å². The van der Waals surface area contributed by atoms with Gasteiger partial charge in [0.15, 0.2) is 5.82 Å². The van der Waals surface area contributed by atoms with Crippen molar-refractivity contribution in [1.29, 1.82) is 0 Å². The summed E-state index contributed by atoms with van der Waals surface area (Å²) in [4.78, 5) is 4.66. The molecule has 0 aromatic carbocycles. The molecule has 2 fully saturated rings. The molecule has 2 aliphatic rings. The summed E-state index contributed by atoms with van der Waals surface area (Å²) in [6, 6.07) is 0.162. The van der Waals surface area contributed by atoms with Crippen LogP contribution in [0.15, 0.2) is 4.52 Å². The van der Waals surface area contributed by atoms with Gasteiger partial charge in [-0.05, 0) is 19.3 Å². The Labute approximate surface area is 120 Å². The van der Waals surface area contributed by atoms with Gasteiger partial charge in [-0.1, -0.05) is 37.3 Å². The van der Waals surface area contributed by atoms with Crippen LogP contribution in [-0.4, -0.2) is 29.9 Å². The van der Waals surface area contributed by atoms with E-state index in [1.165, 1.54) is 44.9 Å². The SMILES string of the molecule is CO[C@@H]1CN[C@@H](c2nc(C3CCCCCCC3)no2)C1. The van der Waals surface area contributed by atoms with Crippen molar-refractivity contribution in [3.05, 3.63) is 11.7 Å². The van der Waals surface area contributed by atoms with E-state index in [1.54, 1.807) is 7.11 Å². The molecule has 2 heterocycles. The van der Waals surface area contributed by atoms with Gasteiger partial charge in [-0.3, -0.25) is 0 Å². The predicted molar refractivity (Wildman–Crippen MR) is 75.5 cm³/mol. The van der Waals surface area contributed by atoms with Crippen LogP contribution >= 0.6 is 0 Å². The molecule has 1 aliphatic carbocycles. The van der Waals surface area contributed by atoms with Gasteiger partial charge in [0.2, 0.25) is 5.89 Å². The third-order valence-corrected chi connectivity index (χ3v) is 4.65. The lowest BCUT2D eigenvalue weighted by Crippen LogP contribution is -2.16. The van der Waals surface area contributed by atoms with E-state index in [4.69, 9.17) is 9.26 Å². The fourth-order valence-electron chi connectivity index (χ4n) is 3.34. The molecule has 0 amide bonds. The van der Waals surface area contributed by atoms with Gasteiger partial charge < -0.3 is 14.6 Å². The second-order valence-corrected chi connectivity index (χ2v) is 6.09. The molecule has 0 unspecified atom stereocenters. The summed E-state index contributed by atoms with van der Waals surface area (Å²) >= 11 is 0. The van der Waals surface area contributed by atoms with Crippen molar-refractivity contribution in [3.8, 4) is 0 Å². The van der Waals surface area contributed by atoms with Gasteiger partial charge in [0, 0.05) is 19.6 Å². The Hall–Kier alpha value is -0.940. The maximum Gasteiger partial charge on any atom is 0.243 e. The number of nitrogens with zero attached hydrogens (tertiary/aromatic N) is 2. The summed E-state index contributed by atoms with van der Waals surface area (Å²) in [6.45, 7) is 0.863. The van der Waals surface area contributed by atoms with E-state index in [1.807, 2.05) is 0 Å². The van der Waals surface area contributed by atoms with E-state index in [0.29, 0.717) is 5.92 Å². The van der Waals surface area contributed by atoms with Crippen LogP contribution in [0, 0.1) is 0 Å². The number of methoxy groups -OCH3 is 1. The number of rotatable bonds is 3. The quantitative estimate of drug-likeness (QED) is 0.921. The highest BCUT2D eigenvalue weighted by atomic mass is 16.5. The fourth-order valence-corrected chi connectivity index (χ4v) is 3.34. The number of ether oxygens (including phenoxy) is 1. The molecule has 1 saturated heterocycles. The van der Waals surface area contributed by atoms with Crippen LogP contribution in [0.3, 0.4) is 0 Å². The highest BCUT2D eigenvalue weighted by molar-refractivity contribution is 5.01. The van der Waals surface area contributed by atoms with Gasteiger partial charge in [-0.15, -0.1) is 0 Å². The normalized spacial score (nSPS) is 29.2. The summed E-state index contributed by atoms with van der Waals surface area (Å²) in [6.07, 6.45) is 10.3. The van der Waals surface area contributed by atoms with E-state index in [0.717, 1.165) is 24.7 Å². The summed E-state index contributed by atoms with van der Waals surface area (Å²) in [7, 11) is 1.75. The Kier molecular flexibility index (Phi) is 4.68. The highest BCUT2D eigenvalue weighted by Crippen LogP contribution is 2.31. The van der Waals surface area contributed by atoms with E-state index in [-0.39, 0.29) is 12.1 Å². The molecule has 5 heteroatoms. The van der Waals surface area contributed by atoms with Crippen molar-refractivity contribution in [1.82, 2.24) is 15.5 Å². The Balaban J connectivity index is 1.63. The number of hydrogen-bond acceptors (Lipinski definition) is 5. The zero-order valence-electron chi connectivity index (χ0n) is 12.3. The average molecular weight is 279 g/mol. The maximum absolute atomic E-state index is 5.49. The average Bonchev–Trinajstić information content (AvgIpc) is 3.06. The van der Waals surface area contributed by atoms with Crippen LogP contribution in [-0.2, 0) is 4.74 Å². The topological polar surface area (TPSA) is 60.2 Å². The van der Waals surface area contributed by atoms with Crippen LogP contribution in [0.25, 0.3) is 0 Å². The molecule has 0 radical (unpaired) electrons. The Morgan fingerprint density at radius 1 is 1.15 bits per heavy atom. The molecule has 2 atom stereocenters. The summed E-state index contributed by atoms with van der Waals surface area (Å²) in [5.74, 6) is 2.15. The third-order valence-electron chi connectivity index (χ3n) is 4.65. The molecule has 5 nitrogen and oxygen atoms in total. The minimum atomic E-state index is 0.162. The van der Waals surface area contributed by atoms with E-state index in [9.17, 15) is 0 Å². The monoisotopic (exact) mass is 279 g/mol. The molecule has 1 aromatic rings. The maximum atomic E-state index is 5.49. The van der Waals surface area contributed by atoms with Crippen molar-refractivity contribution >= 4 is 0 Å². The van der Waals surface area contributed by atoms with E-state index < -0.39 is 0 Å². The second-order valence-electron chi connectivity index (χ2n) is 6.09. The van der Waals surface area contributed by atoms with Crippen molar-refractivity contribution in [3.63, 3.8) is 0 Å². The molecular weight excluding hydrogens is 254 g/mol. The lowest BCUT2D eigenvalue weighted by Gasteiger charge is -2.15. The molecule has 3 rings (SSSR count). The first-order valence-corrected chi connectivity index (χ1v) is 7.96. The van der Waals surface area contributed by atoms with Gasteiger partial charge in [0.1, 0.15) is 0 Å². The van der Waals surface area contributed by atoms with Gasteiger partial charge in [-0.2, -0.15) is 4.98 Å². The Morgan fingerprint density at radius 3 is 2.60 bits per heavy atom. The summed E-state index contributed by atoms with van der Waals surface area (Å²) < 4.78 is 10.9. The Bertz CT molecular complexity index is 413. The third kappa shape index (κ3) is 3.20. The molecule has 0 spiro atoms. The summed E-state index contributed by atoms with van der Waals surface area (Å²) in [5.41, 5.74) is 0. The van der Waals surface area contributed by atoms with Crippen molar-refractivity contribution < 1.29 is 9.26 Å². The van der Waals surface area contributed by atoms with Crippen LogP contribution in [0.2, 0.25) is 0 Å². The largest absolute Gasteiger partial charge is 0.380 e. The minimum Gasteiger partial charge on any atom is -0.380 e. The number of hydrogen-bond donors (Lipinski definition) is 1.